The highest BCUT2D eigenvalue weighted by Crippen LogP contribution is 2.39. The van der Waals surface area contributed by atoms with Crippen molar-refractivity contribution in [2.24, 2.45) is 11.8 Å². The third-order valence-corrected chi connectivity index (χ3v) is 11.5. The molecule has 0 radical (unpaired) electrons. The summed E-state index contributed by atoms with van der Waals surface area (Å²) in [5, 5.41) is 17.6. The predicted octanol–water partition coefficient (Wildman–Crippen LogP) is 2.40. The summed E-state index contributed by atoms with van der Waals surface area (Å²) in [4.78, 5) is 29.0. The highest BCUT2D eigenvalue weighted by Gasteiger charge is 2.42. The number of nitrogens with zero attached hydrogens (tertiary/aromatic N) is 1. The Balaban J connectivity index is 1.60. The van der Waals surface area contributed by atoms with Gasteiger partial charge in [-0.05, 0) is 81.7 Å². The highest BCUT2D eigenvalue weighted by atomic mass is 32.2. The van der Waals surface area contributed by atoms with Gasteiger partial charge in [0, 0.05) is 18.6 Å². The first-order valence-corrected chi connectivity index (χ1v) is 20.0. The summed E-state index contributed by atoms with van der Waals surface area (Å²) in [6, 6.07) is 9.92. The molecule has 0 unspecified atom stereocenters. The van der Waals surface area contributed by atoms with Gasteiger partial charge < -0.3 is 15.7 Å². The van der Waals surface area contributed by atoms with Crippen molar-refractivity contribution in [2.75, 3.05) is 25.1 Å². The number of aliphatic hydroxyl groups excluding tert-OH is 1. The molecule has 266 valence electrons. The number of sulfonamides is 1. The molecule has 6 atom stereocenters. The number of rotatable bonds is 13. The van der Waals surface area contributed by atoms with Gasteiger partial charge in [0.2, 0.25) is 21.8 Å². The third kappa shape index (κ3) is 11.1. The number of piperidine rings is 1. The predicted molar refractivity (Wildman–Crippen MR) is 182 cm³/mol. The van der Waals surface area contributed by atoms with Crippen LogP contribution in [0.25, 0.3) is 0 Å². The average Bonchev–Trinajstić information content (AvgIpc) is 2.99. The number of halogens is 1. The molecule has 2 aromatic carbocycles. The molecule has 14 heteroatoms. The fourth-order valence-electron chi connectivity index (χ4n) is 6.81. The van der Waals surface area contributed by atoms with Crippen molar-refractivity contribution in [3.05, 3.63) is 66.0 Å². The van der Waals surface area contributed by atoms with Crippen LogP contribution in [0, 0.1) is 17.7 Å². The number of sulfone groups is 1. The summed E-state index contributed by atoms with van der Waals surface area (Å²) in [6.45, 7) is 6.42. The lowest BCUT2D eigenvalue weighted by molar-refractivity contribution is -0.133. The van der Waals surface area contributed by atoms with E-state index in [-0.39, 0.29) is 23.8 Å². The van der Waals surface area contributed by atoms with Gasteiger partial charge in [-0.3, -0.25) is 14.5 Å². The van der Waals surface area contributed by atoms with Crippen molar-refractivity contribution in [1.29, 1.82) is 0 Å². The van der Waals surface area contributed by atoms with E-state index in [0.717, 1.165) is 61.8 Å². The quantitative estimate of drug-likeness (QED) is 0.231. The molecule has 2 amide bonds. The Labute approximate surface area is 284 Å². The highest BCUT2D eigenvalue weighted by molar-refractivity contribution is 7.91. The molecular weight excluding hydrogens is 660 g/mol. The van der Waals surface area contributed by atoms with E-state index >= 15 is 0 Å². The SMILES string of the molecule is CC(C)(C)NC(=O)[C@@H]1C[C@@H]2CCCC[C@@H]2CN1C[C@@H](O)[C@H](Cc1ccccc1)NC(=O)[C@@H](CS(=O)(=O)c1ccc(F)cc1)NS(C)(=O)=O. The van der Waals surface area contributed by atoms with Crippen LogP contribution in [0.15, 0.2) is 59.5 Å². The minimum absolute atomic E-state index is 0.0568. The van der Waals surface area contributed by atoms with E-state index in [9.17, 15) is 35.9 Å². The molecule has 0 aromatic heterocycles. The summed E-state index contributed by atoms with van der Waals surface area (Å²) < 4.78 is 66.5. The first kappa shape index (κ1) is 37.9. The maximum Gasteiger partial charge on any atom is 0.239 e. The zero-order valence-electron chi connectivity index (χ0n) is 28.1. The van der Waals surface area contributed by atoms with Gasteiger partial charge in [-0.1, -0.05) is 49.6 Å². The van der Waals surface area contributed by atoms with Gasteiger partial charge in [0.15, 0.2) is 9.84 Å². The molecule has 0 bridgehead atoms. The van der Waals surface area contributed by atoms with E-state index in [2.05, 4.69) is 15.4 Å². The van der Waals surface area contributed by atoms with Gasteiger partial charge in [-0.2, -0.15) is 0 Å². The van der Waals surface area contributed by atoms with Crippen LogP contribution in [0.4, 0.5) is 4.39 Å². The molecule has 2 aromatic rings. The van der Waals surface area contributed by atoms with Crippen LogP contribution >= 0.6 is 0 Å². The number of β-amino-alcohol motifs (C(OH)–C–C–N with tert-alkyl or cyclic N) is 1. The van der Waals surface area contributed by atoms with Crippen LogP contribution in [-0.4, -0.2) is 93.5 Å². The normalized spacial score (nSPS) is 22.6. The number of benzene rings is 2. The molecule has 4 rings (SSSR count). The number of hydrogen-bond donors (Lipinski definition) is 4. The first-order valence-electron chi connectivity index (χ1n) is 16.4. The van der Waals surface area contributed by atoms with E-state index in [1.807, 2.05) is 56.0 Å². The number of fused-ring (bicyclic) bond motifs is 1. The smallest absolute Gasteiger partial charge is 0.239 e. The summed E-state index contributed by atoms with van der Waals surface area (Å²) in [5.74, 6) is -1.86. The number of aliphatic hydroxyl groups is 1. The number of hydrogen-bond acceptors (Lipinski definition) is 8. The Morgan fingerprint density at radius 1 is 0.979 bits per heavy atom. The van der Waals surface area contributed by atoms with Crippen molar-refractivity contribution in [1.82, 2.24) is 20.3 Å². The monoisotopic (exact) mass is 708 g/mol. The van der Waals surface area contributed by atoms with Crippen LogP contribution < -0.4 is 15.4 Å². The lowest BCUT2D eigenvalue weighted by Crippen LogP contribution is -2.61. The van der Waals surface area contributed by atoms with Crippen molar-refractivity contribution in [2.45, 2.75) is 94.0 Å². The molecule has 1 aliphatic carbocycles. The zero-order valence-corrected chi connectivity index (χ0v) is 29.7. The standard InChI is InChI=1S/C34H49FN4O7S2/c1-34(2,3)37-33(42)30-19-24-12-8-9-13-25(24)20-39(30)21-31(40)28(18-23-10-6-5-7-11-23)36-32(41)29(38-47(4,43)44)22-48(45,46)27-16-14-26(35)15-17-27/h5-7,10-11,14-17,24-25,28-31,38,40H,8-9,12-13,18-22H2,1-4H3,(H,36,41)(H,37,42)/t24-,25+,28-,29+,30-,31+/m0/s1. The van der Waals surface area contributed by atoms with E-state index in [1.165, 1.54) is 0 Å². The van der Waals surface area contributed by atoms with Crippen molar-refractivity contribution in [3.63, 3.8) is 0 Å². The summed E-state index contributed by atoms with van der Waals surface area (Å²) in [7, 11) is -8.31. The van der Waals surface area contributed by atoms with Crippen molar-refractivity contribution < 1.29 is 35.9 Å². The third-order valence-electron chi connectivity index (χ3n) is 9.05. The summed E-state index contributed by atoms with van der Waals surface area (Å²) >= 11 is 0. The Hall–Kier alpha value is -2.91. The Kier molecular flexibility index (Phi) is 12.4. The minimum atomic E-state index is -4.24. The molecular formula is C34H49FN4O7S2. The molecule has 2 aliphatic rings. The van der Waals surface area contributed by atoms with Crippen molar-refractivity contribution in [3.8, 4) is 0 Å². The molecule has 11 nitrogen and oxygen atoms in total. The Bertz CT molecular complexity index is 1620. The molecule has 1 saturated heterocycles. The molecule has 2 fully saturated rings. The van der Waals surface area contributed by atoms with Gasteiger partial charge in [0.1, 0.15) is 11.9 Å². The minimum Gasteiger partial charge on any atom is -0.390 e. The molecule has 4 N–H and O–H groups in total. The van der Waals surface area contributed by atoms with E-state index < -0.39 is 67.1 Å². The molecule has 0 spiro atoms. The maximum absolute atomic E-state index is 13.7. The topological polar surface area (TPSA) is 162 Å². The van der Waals surface area contributed by atoms with Crippen LogP contribution in [0.3, 0.4) is 0 Å². The summed E-state index contributed by atoms with van der Waals surface area (Å²) in [5.41, 5.74) is 0.325. The second kappa shape index (κ2) is 15.8. The summed E-state index contributed by atoms with van der Waals surface area (Å²) in [6.07, 6.45) is 4.76. The van der Waals surface area contributed by atoms with Gasteiger partial charge in [-0.15, -0.1) is 0 Å². The van der Waals surface area contributed by atoms with Gasteiger partial charge in [0.05, 0.1) is 35.1 Å². The zero-order chi connectivity index (χ0) is 35.3. The Morgan fingerprint density at radius 2 is 1.60 bits per heavy atom. The van der Waals surface area contributed by atoms with Gasteiger partial charge >= 0.3 is 0 Å². The first-order chi connectivity index (χ1) is 22.4. The largest absolute Gasteiger partial charge is 0.390 e. The van der Waals surface area contributed by atoms with Crippen molar-refractivity contribution >= 4 is 31.7 Å². The van der Waals surface area contributed by atoms with Crippen LogP contribution in [-0.2, 0) is 35.9 Å². The van der Waals surface area contributed by atoms with Crippen LogP contribution in [0.5, 0.6) is 0 Å². The van der Waals surface area contributed by atoms with Crippen LogP contribution in [0.1, 0.15) is 58.4 Å². The fraction of sp³-hybridized carbons (Fsp3) is 0.588. The molecule has 48 heavy (non-hydrogen) atoms. The molecule has 1 saturated carbocycles. The van der Waals surface area contributed by atoms with E-state index in [1.54, 1.807) is 0 Å². The number of amides is 2. The van der Waals surface area contributed by atoms with E-state index in [0.29, 0.717) is 24.8 Å². The molecule has 1 aliphatic heterocycles. The van der Waals surface area contributed by atoms with Gasteiger partial charge in [0.25, 0.3) is 0 Å². The molecule has 1 heterocycles. The second-order valence-corrected chi connectivity index (χ2v) is 18.1. The maximum atomic E-state index is 13.7. The second-order valence-electron chi connectivity index (χ2n) is 14.3. The fourth-order valence-corrected chi connectivity index (χ4v) is 9.04. The lowest BCUT2D eigenvalue weighted by atomic mass is 9.72. The number of likely N-dealkylation sites (tertiary alicyclic amines) is 1. The number of carbonyl (C=O) groups excluding carboxylic acids is 2. The number of carbonyl (C=O) groups is 2. The van der Waals surface area contributed by atoms with E-state index in [4.69, 9.17) is 0 Å². The Morgan fingerprint density at radius 3 is 2.21 bits per heavy atom. The number of nitrogens with one attached hydrogen (secondary N) is 3. The van der Waals surface area contributed by atoms with Gasteiger partial charge in [-0.25, -0.2) is 25.9 Å². The lowest BCUT2D eigenvalue weighted by Gasteiger charge is -2.47. The van der Waals surface area contributed by atoms with Crippen LogP contribution in [0.2, 0.25) is 0 Å². The average molecular weight is 709 g/mol.